The van der Waals surface area contributed by atoms with Gasteiger partial charge in [0.1, 0.15) is 11.5 Å². The van der Waals surface area contributed by atoms with Gasteiger partial charge in [-0.3, -0.25) is 4.79 Å². The number of amides is 1. The van der Waals surface area contributed by atoms with Gasteiger partial charge in [0.05, 0.1) is 13.2 Å². The number of rotatable bonds is 7. The molecule has 0 spiro atoms. The van der Waals surface area contributed by atoms with Gasteiger partial charge in [-0.1, -0.05) is 31.2 Å². The molecule has 0 radical (unpaired) electrons. The lowest BCUT2D eigenvalue weighted by Gasteiger charge is -2.19. The summed E-state index contributed by atoms with van der Waals surface area (Å²) in [6.07, 6.45) is 0.827. The summed E-state index contributed by atoms with van der Waals surface area (Å²) in [6.45, 7) is 6.21. The summed E-state index contributed by atoms with van der Waals surface area (Å²) in [5.41, 5.74) is 3.60. The van der Waals surface area contributed by atoms with Crippen LogP contribution < -0.4 is 14.8 Å². The van der Waals surface area contributed by atoms with Crippen LogP contribution in [0.5, 0.6) is 11.5 Å². The van der Waals surface area contributed by atoms with Crippen molar-refractivity contribution in [3.63, 3.8) is 0 Å². The molecule has 1 N–H and O–H groups in total. The second kappa shape index (κ2) is 8.39. The molecule has 24 heavy (non-hydrogen) atoms. The van der Waals surface area contributed by atoms with Gasteiger partial charge in [-0.2, -0.15) is 0 Å². The number of ether oxygens (including phenoxy) is 2. The Balaban J connectivity index is 1.95. The predicted octanol–water partition coefficient (Wildman–Crippen LogP) is 3.96. The normalized spacial score (nSPS) is 11.7. The summed E-state index contributed by atoms with van der Waals surface area (Å²) < 4.78 is 10.7. The second-order valence-corrected chi connectivity index (χ2v) is 5.84. The maximum absolute atomic E-state index is 12.2. The highest BCUT2D eigenvalue weighted by Gasteiger charge is 2.14. The van der Waals surface area contributed by atoms with Gasteiger partial charge in [-0.25, -0.2) is 0 Å². The van der Waals surface area contributed by atoms with E-state index in [0.717, 1.165) is 12.0 Å². The van der Waals surface area contributed by atoms with Crippen molar-refractivity contribution in [2.45, 2.75) is 33.2 Å². The molecule has 0 fully saturated rings. The van der Waals surface area contributed by atoms with Crippen molar-refractivity contribution >= 4 is 5.91 Å². The van der Waals surface area contributed by atoms with Gasteiger partial charge in [0.15, 0.2) is 6.61 Å². The topological polar surface area (TPSA) is 47.6 Å². The lowest BCUT2D eigenvalue weighted by molar-refractivity contribution is -0.123. The fourth-order valence-corrected chi connectivity index (χ4v) is 2.48. The van der Waals surface area contributed by atoms with Crippen LogP contribution in [0, 0.1) is 13.8 Å². The van der Waals surface area contributed by atoms with Crippen molar-refractivity contribution in [1.29, 1.82) is 0 Å². The summed E-state index contributed by atoms with van der Waals surface area (Å²) in [5.74, 6) is 1.18. The van der Waals surface area contributed by atoms with Crippen LogP contribution in [0.2, 0.25) is 0 Å². The fourth-order valence-electron chi connectivity index (χ4n) is 2.48. The van der Waals surface area contributed by atoms with Crippen LogP contribution in [0.4, 0.5) is 0 Å². The zero-order chi connectivity index (χ0) is 17.5. The molecule has 0 bridgehead atoms. The zero-order valence-corrected chi connectivity index (χ0v) is 14.8. The molecule has 128 valence electrons. The lowest BCUT2D eigenvalue weighted by Crippen LogP contribution is -2.32. The van der Waals surface area contributed by atoms with Gasteiger partial charge in [0.25, 0.3) is 5.91 Å². The van der Waals surface area contributed by atoms with Gasteiger partial charge >= 0.3 is 0 Å². The Morgan fingerprint density at radius 3 is 2.50 bits per heavy atom. The van der Waals surface area contributed by atoms with Gasteiger partial charge < -0.3 is 14.8 Å². The number of hydrogen-bond acceptors (Lipinski definition) is 3. The Bertz CT molecular complexity index is 697. The maximum Gasteiger partial charge on any atom is 0.258 e. The summed E-state index contributed by atoms with van der Waals surface area (Å²) in [7, 11) is 1.60. The highest BCUT2D eigenvalue weighted by atomic mass is 16.5. The molecular weight excluding hydrogens is 302 g/mol. The van der Waals surface area contributed by atoms with Crippen molar-refractivity contribution in [2.75, 3.05) is 13.7 Å². The van der Waals surface area contributed by atoms with E-state index in [1.54, 1.807) is 19.2 Å². The molecule has 4 heteroatoms. The van der Waals surface area contributed by atoms with Crippen molar-refractivity contribution in [1.82, 2.24) is 5.32 Å². The van der Waals surface area contributed by atoms with Gasteiger partial charge in [0, 0.05) is 6.07 Å². The minimum absolute atomic E-state index is 0.00860. The molecule has 2 aromatic rings. The van der Waals surface area contributed by atoms with Gasteiger partial charge in [-0.15, -0.1) is 0 Å². The fraction of sp³-hybridized carbons (Fsp3) is 0.350. The SMILES string of the molecule is CC[C@@H](NC(=O)COc1cccc(OC)c1)c1ccc(C)c(C)c1. The highest BCUT2D eigenvalue weighted by Crippen LogP contribution is 2.21. The van der Waals surface area contributed by atoms with E-state index in [9.17, 15) is 4.79 Å². The van der Waals surface area contributed by atoms with Gasteiger partial charge in [-0.05, 0) is 49.1 Å². The smallest absolute Gasteiger partial charge is 0.258 e. The molecule has 0 aliphatic carbocycles. The van der Waals surface area contributed by atoms with Crippen molar-refractivity contribution in [3.05, 3.63) is 59.2 Å². The van der Waals surface area contributed by atoms with Crippen LogP contribution in [0.15, 0.2) is 42.5 Å². The first kappa shape index (κ1) is 17.9. The predicted molar refractivity (Wildman–Crippen MR) is 95.6 cm³/mol. The third-order valence-electron chi connectivity index (χ3n) is 4.09. The Hall–Kier alpha value is -2.49. The van der Waals surface area contributed by atoms with Crippen LogP contribution >= 0.6 is 0 Å². The molecule has 0 aromatic heterocycles. The van der Waals surface area contributed by atoms with Crippen LogP contribution in [0.3, 0.4) is 0 Å². The number of nitrogens with one attached hydrogen (secondary N) is 1. The number of hydrogen-bond donors (Lipinski definition) is 1. The molecular formula is C20H25NO3. The standard InChI is InChI=1S/C20H25NO3/c1-5-19(16-10-9-14(2)15(3)11-16)21-20(22)13-24-18-8-6-7-17(12-18)23-4/h6-12,19H,5,13H2,1-4H3,(H,21,22)/t19-/m1/s1. The van der Waals surface area contributed by atoms with E-state index in [1.165, 1.54) is 11.1 Å². The van der Waals surface area contributed by atoms with Crippen LogP contribution in [-0.2, 0) is 4.79 Å². The Kier molecular flexibility index (Phi) is 6.24. The first-order chi connectivity index (χ1) is 11.5. The first-order valence-corrected chi connectivity index (χ1v) is 8.16. The number of benzene rings is 2. The third-order valence-corrected chi connectivity index (χ3v) is 4.09. The molecule has 2 aromatic carbocycles. The Morgan fingerprint density at radius 1 is 1.08 bits per heavy atom. The van der Waals surface area contributed by atoms with E-state index in [0.29, 0.717) is 11.5 Å². The number of methoxy groups -OCH3 is 1. The van der Waals surface area contributed by atoms with E-state index in [1.807, 2.05) is 12.1 Å². The van der Waals surface area contributed by atoms with E-state index in [4.69, 9.17) is 9.47 Å². The minimum atomic E-state index is -0.136. The molecule has 4 nitrogen and oxygen atoms in total. The monoisotopic (exact) mass is 327 g/mol. The van der Waals surface area contributed by atoms with E-state index < -0.39 is 0 Å². The first-order valence-electron chi connectivity index (χ1n) is 8.16. The average Bonchev–Trinajstić information content (AvgIpc) is 2.60. The molecule has 0 saturated heterocycles. The molecule has 1 atom stereocenters. The maximum atomic E-state index is 12.2. The quantitative estimate of drug-likeness (QED) is 0.837. The molecule has 2 rings (SSSR count). The van der Waals surface area contributed by atoms with Crippen LogP contribution in [0.25, 0.3) is 0 Å². The molecule has 0 aliphatic rings. The lowest BCUT2D eigenvalue weighted by atomic mass is 9.99. The van der Waals surface area contributed by atoms with Crippen LogP contribution in [0.1, 0.15) is 36.1 Å². The molecule has 0 heterocycles. The zero-order valence-electron chi connectivity index (χ0n) is 14.8. The van der Waals surface area contributed by atoms with E-state index >= 15 is 0 Å². The number of aryl methyl sites for hydroxylation is 2. The molecule has 0 unspecified atom stereocenters. The Morgan fingerprint density at radius 2 is 1.83 bits per heavy atom. The molecule has 0 aliphatic heterocycles. The summed E-state index contributed by atoms with van der Waals surface area (Å²) in [4.78, 5) is 12.2. The van der Waals surface area contributed by atoms with Gasteiger partial charge in [0.2, 0.25) is 0 Å². The second-order valence-electron chi connectivity index (χ2n) is 5.84. The number of carbonyl (C=O) groups is 1. The van der Waals surface area contributed by atoms with Crippen molar-refractivity contribution in [3.8, 4) is 11.5 Å². The third kappa shape index (κ3) is 4.75. The molecule has 0 saturated carbocycles. The summed E-state index contributed by atoms with van der Waals surface area (Å²) >= 11 is 0. The van der Waals surface area contributed by atoms with Crippen molar-refractivity contribution in [2.24, 2.45) is 0 Å². The summed E-state index contributed by atoms with van der Waals surface area (Å²) in [5, 5.41) is 3.03. The van der Waals surface area contributed by atoms with E-state index in [2.05, 4.69) is 44.3 Å². The number of carbonyl (C=O) groups excluding carboxylic acids is 1. The summed E-state index contributed by atoms with van der Waals surface area (Å²) in [6, 6.07) is 13.5. The van der Waals surface area contributed by atoms with Crippen molar-refractivity contribution < 1.29 is 14.3 Å². The van der Waals surface area contributed by atoms with Crippen LogP contribution in [-0.4, -0.2) is 19.6 Å². The average molecular weight is 327 g/mol. The Labute approximate surface area is 143 Å². The highest BCUT2D eigenvalue weighted by molar-refractivity contribution is 5.78. The minimum Gasteiger partial charge on any atom is -0.497 e. The van der Waals surface area contributed by atoms with E-state index in [-0.39, 0.29) is 18.6 Å². The largest absolute Gasteiger partial charge is 0.497 e. The molecule has 1 amide bonds.